The molecule has 14 nitrogen and oxygen atoms in total. The van der Waals surface area contributed by atoms with E-state index in [0.29, 0.717) is 22.3 Å². The molecule has 0 radical (unpaired) electrons. The van der Waals surface area contributed by atoms with Gasteiger partial charge in [-0.15, -0.1) is 0 Å². The summed E-state index contributed by atoms with van der Waals surface area (Å²) in [7, 11) is 0. The maximum Gasteiger partial charge on any atom is 3.00 e. The van der Waals surface area contributed by atoms with Gasteiger partial charge in [-0.2, -0.15) is 0 Å². The molecule has 29 heavy (non-hydrogen) atoms. The van der Waals surface area contributed by atoms with Crippen molar-refractivity contribution in [2.24, 2.45) is 0 Å². The second kappa shape index (κ2) is 13.7. The predicted octanol–water partition coefficient (Wildman–Crippen LogP) is 1.74. The maximum absolute atomic E-state index is 12.1. The maximum atomic E-state index is 12.1. The number of carbonyl (C=O) groups excluding carboxylic acids is 2. The van der Waals surface area contributed by atoms with Gasteiger partial charge in [0.05, 0.1) is 15.3 Å². The van der Waals surface area contributed by atoms with Crippen molar-refractivity contribution >= 4 is 11.6 Å². The fourth-order valence-corrected chi connectivity index (χ4v) is 2.05. The third kappa shape index (κ3) is 10.5. The summed E-state index contributed by atoms with van der Waals surface area (Å²) in [5.41, 5.74) is 2.02. The van der Waals surface area contributed by atoms with Crippen molar-refractivity contribution in [1.82, 2.24) is 0 Å². The zero-order chi connectivity index (χ0) is 21.9. The summed E-state index contributed by atoms with van der Waals surface area (Å²) in [5.74, 6) is -0.128. The standard InChI is InChI=1S/C14H8O2.La.3NO3/c15-13-9-5-1-2-6-10(9)14(16)12-8-4-3-7-11(12)13;;3*2-1(3)4/h1-8H;;;;/q;+3;3*-1. The van der Waals surface area contributed by atoms with E-state index >= 15 is 0 Å². The minimum atomic E-state index is -1.75. The number of rotatable bonds is 0. The first-order valence-electron chi connectivity index (χ1n) is 6.71. The minimum Gasteiger partial charge on any atom is -0.356 e. The van der Waals surface area contributed by atoms with Crippen LogP contribution in [0.5, 0.6) is 0 Å². The fraction of sp³-hybridized carbons (Fsp3) is 0. The van der Waals surface area contributed by atoms with E-state index in [2.05, 4.69) is 0 Å². The van der Waals surface area contributed by atoms with Gasteiger partial charge in [-0.05, 0) is 0 Å². The van der Waals surface area contributed by atoms with Crippen LogP contribution >= 0.6 is 0 Å². The predicted molar refractivity (Wildman–Crippen MR) is 90.8 cm³/mol. The van der Waals surface area contributed by atoms with Gasteiger partial charge in [0.15, 0.2) is 11.6 Å². The Morgan fingerprint density at radius 1 is 0.483 bits per heavy atom. The van der Waals surface area contributed by atoms with Gasteiger partial charge >= 0.3 is 35.6 Å². The van der Waals surface area contributed by atoms with Crippen molar-refractivity contribution in [3.63, 3.8) is 0 Å². The molecular weight excluding hydrogens is 525 g/mol. The molecule has 0 fully saturated rings. The van der Waals surface area contributed by atoms with Crippen LogP contribution in [0, 0.1) is 81.6 Å². The molecule has 1 aliphatic rings. The van der Waals surface area contributed by atoms with Crippen LogP contribution in [0.1, 0.15) is 31.8 Å². The third-order valence-corrected chi connectivity index (χ3v) is 2.83. The number of hydrogen-bond acceptors (Lipinski definition) is 11. The molecular formula is C14H8LaN3O11. The Labute approximate surface area is 188 Å². The summed E-state index contributed by atoms with van der Waals surface area (Å²) >= 11 is 0. The normalized spacial score (nSPS) is 9.79. The summed E-state index contributed by atoms with van der Waals surface area (Å²) in [6.45, 7) is 0. The molecule has 15 heteroatoms. The van der Waals surface area contributed by atoms with Gasteiger partial charge in [-0.3, -0.25) is 9.59 Å². The molecule has 3 rings (SSSR count). The number of nitrogens with zero attached hydrogens (tertiary/aromatic N) is 3. The van der Waals surface area contributed by atoms with Crippen molar-refractivity contribution in [3.05, 3.63) is 117 Å². The first-order chi connectivity index (χ1) is 13.0. The summed E-state index contributed by atoms with van der Waals surface area (Å²) in [4.78, 5) is 49.0. The van der Waals surface area contributed by atoms with Gasteiger partial charge < -0.3 is 46.0 Å². The van der Waals surface area contributed by atoms with E-state index in [9.17, 15) is 9.59 Å². The van der Waals surface area contributed by atoms with E-state index in [1.165, 1.54) is 0 Å². The molecule has 0 heterocycles. The molecule has 0 atom stereocenters. The average molecular weight is 533 g/mol. The average Bonchev–Trinajstić information content (AvgIpc) is 2.58. The zero-order valence-corrected chi connectivity index (χ0v) is 17.7. The molecule has 0 aliphatic heterocycles. The van der Waals surface area contributed by atoms with Crippen molar-refractivity contribution < 1.29 is 60.4 Å². The molecule has 0 bridgehead atoms. The van der Waals surface area contributed by atoms with Crippen LogP contribution in [0.15, 0.2) is 48.5 Å². The van der Waals surface area contributed by atoms with E-state index in [1.807, 2.05) is 0 Å². The van der Waals surface area contributed by atoms with Crippen LogP contribution in [0.3, 0.4) is 0 Å². The van der Waals surface area contributed by atoms with Crippen LogP contribution in [-0.2, 0) is 0 Å². The molecule has 2 aromatic rings. The van der Waals surface area contributed by atoms with Crippen molar-refractivity contribution in [2.45, 2.75) is 0 Å². The molecule has 0 unspecified atom stereocenters. The Morgan fingerprint density at radius 2 is 0.621 bits per heavy atom. The quantitative estimate of drug-likeness (QED) is 0.298. The van der Waals surface area contributed by atoms with Crippen LogP contribution in [0.4, 0.5) is 0 Å². The Balaban J connectivity index is 0. The van der Waals surface area contributed by atoms with Gasteiger partial charge in [0.25, 0.3) is 0 Å². The Hall–Kier alpha value is -3.43. The largest absolute Gasteiger partial charge is 3.00 e. The van der Waals surface area contributed by atoms with E-state index in [4.69, 9.17) is 46.0 Å². The summed E-state index contributed by atoms with van der Waals surface area (Å²) in [6, 6.07) is 13.9. The zero-order valence-electron chi connectivity index (χ0n) is 14.0. The summed E-state index contributed by atoms with van der Waals surface area (Å²) < 4.78 is 0. The Kier molecular flexibility index (Phi) is 13.1. The van der Waals surface area contributed by atoms with Crippen molar-refractivity contribution in [1.29, 1.82) is 0 Å². The molecule has 148 valence electrons. The van der Waals surface area contributed by atoms with Crippen molar-refractivity contribution in [2.75, 3.05) is 0 Å². The smallest absolute Gasteiger partial charge is 0.356 e. The van der Waals surface area contributed by atoms with Gasteiger partial charge in [0.2, 0.25) is 0 Å². The molecule has 0 N–H and O–H groups in total. The van der Waals surface area contributed by atoms with Gasteiger partial charge in [0.1, 0.15) is 0 Å². The second-order valence-electron chi connectivity index (χ2n) is 4.42. The van der Waals surface area contributed by atoms with Gasteiger partial charge in [-0.1, -0.05) is 48.5 Å². The Bertz CT molecular complexity index is 758. The van der Waals surface area contributed by atoms with E-state index in [-0.39, 0.29) is 47.2 Å². The number of hydrogen-bond donors (Lipinski definition) is 0. The number of carbonyl (C=O) groups is 2. The molecule has 0 saturated carbocycles. The van der Waals surface area contributed by atoms with Crippen molar-refractivity contribution in [3.8, 4) is 0 Å². The molecule has 0 amide bonds. The van der Waals surface area contributed by atoms with Crippen LogP contribution < -0.4 is 0 Å². The van der Waals surface area contributed by atoms with Gasteiger partial charge in [-0.25, -0.2) is 0 Å². The topological polar surface area (TPSA) is 233 Å². The number of ketones is 2. The molecule has 0 aromatic heterocycles. The number of benzene rings is 2. The molecule has 0 saturated heterocycles. The molecule has 2 aromatic carbocycles. The monoisotopic (exact) mass is 533 g/mol. The minimum absolute atomic E-state index is 0. The SMILES string of the molecule is O=C1c2ccccc2C(=O)c2ccccc21.O=[N+]([O-])[O-].O=[N+]([O-])[O-].O=[N+]([O-])[O-].[La+3]. The fourth-order valence-electron chi connectivity index (χ4n) is 2.05. The summed E-state index contributed by atoms with van der Waals surface area (Å²) in [6.07, 6.45) is 0. The van der Waals surface area contributed by atoms with Gasteiger partial charge in [0, 0.05) is 22.3 Å². The molecule has 1 aliphatic carbocycles. The third-order valence-electron chi connectivity index (χ3n) is 2.83. The van der Waals surface area contributed by atoms with E-state index in [1.54, 1.807) is 48.5 Å². The van der Waals surface area contributed by atoms with E-state index in [0.717, 1.165) is 0 Å². The van der Waals surface area contributed by atoms with Crippen LogP contribution in [0.2, 0.25) is 0 Å². The van der Waals surface area contributed by atoms with Crippen LogP contribution in [-0.4, -0.2) is 26.8 Å². The van der Waals surface area contributed by atoms with E-state index < -0.39 is 15.3 Å². The van der Waals surface area contributed by atoms with Crippen LogP contribution in [0.25, 0.3) is 0 Å². The second-order valence-corrected chi connectivity index (χ2v) is 4.42. The number of fused-ring (bicyclic) bond motifs is 2. The summed E-state index contributed by atoms with van der Waals surface area (Å²) in [5, 5.41) is 44.2. The Morgan fingerprint density at radius 3 is 0.759 bits per heavy atom. The molecule has 0 spiro atoms. The first kappa shape index (κ1) is 27.8. The first-order valence-corrected chi connectivity index (χ1v) is 6.71.